The number of anilines is 1. The van der Waals surface area contributed by atoms with Gasteiger partial charge in [0.15, 0.2) is 0 Å². The van der Waals surface area contributed by atoms with Crippen LogP contribution >= 0.6 is 0 Å². The predicted molar refractivity (Wildman–Crippen MR) is 104 cm³/mol. The van der Waals surface area contributed by atoms with Crippen LogP contribution in [0.1, 0.15) is 68.6 Å². The second-order valence-corrected chi connectivity index (χ2v) is 7.13. The van der Waals surface area contributed by atoms with E-state index >= 15 is 0 Å². The van der Waals surface area contributed by atoms with E-state index in [9.17, 15) is 9.59 Å². The quantitative estimate of drug-likeness (QED) is 0.703. The number of aliphatic hydroxyl groups excluding tert-OH is 1. The molecule has 1 fully saturated rings. The second kappa shape index (κ2) is 11.0. The van der Waals surface area contributed by atoms with Crippen molar-refractivity contribution < 1.29 is 14.7 Å². The van der Waals surface area contributed by atoms with Gasteiger partial charge in [-0.2, -0.15) is 0 Å². The second-order valence-electron chi connectivity index (χ2n) is 7.13. The van der Waals surface area contributed by atoms with E-state index < -0.39 is 0 Å². The van der Waals surface area contributed by atoms with Gasteiger partial charge >= 0.3 is 0 Å². The Morgan fingerprint density at radius 1 is 1.15 bits per heavy atom. The van der Waals surface area contributed by atoms with Gasteiger partial charge in [-0.3, -0.25) is 9.59 Å². The molecule has 0 unspecified atom stereocenters. The van der Waals surface area contributed by atoms with Crippen molar-refractivity contribution in [3.8, 4) is 0 Å². The van der Waals surface area contributed by atoms with Crippen molar-refractivity contribution in [2.24, 2.45) is 5.92 Å². The number of hydrogen-bond acceptors (Lipinski definition) is 3. The van der Waals surface area contributed by atoms with Crippen LogP contribution in [0.4, 0.5) is 5.69 Å². The van der Waals surface area contributed by atoms with E-state index in [1.54, 1.807) is 17.0 Å². The maximum Gasteiger partial charge on any atom is 0.253 e. The van der Waals surface area contributed by atoms with Gasteiger partial charge in [0.2, 0.25) is 5.91 Å². The summed E-state index contributed by atoms with van der Waals surface area (Å²) in [5.41, 5.74) is 1.27. The standard InChI is InChI=1S/C21H32N2O3/c1-2-3-13-23(14-8-15-24)21(26)18-11-7-12-19(16-18)22-20(25)17-9-5-4-6-10-17/h7,11-12,16-17,24H,2-6,8-10,13-15H2,1H3,(H,22,25). The highest BCUT2D eigenvalue weighted by molar-refractivity contribution is 5.97. The van der Waals surface area contributed by atoms with Gasteiger partial charge in [-0.25, -0.2) is 0 Å². The Kier molecular flexibility index (Phi) is 8.62. The fourth-order valence-electron chi connectivity index (χ4n) is 3.45. The van der Waals surface area contributed by atoms with Crippen LogP contribution in [0.15, 0.2) is 24.3 Å². The summed E-state index contributed by atoms with van der Waals surface area (Å²) in [7, 11) is 0. The summed E-state index contributed by atoms with van der Waals surface area (Å²) in [4.78, 5) is 27.1. The number of nitrogens with zero attached hydrogens (tertiary/aromatic N) is 1. The molecule has 1 aliphatic carbocycles. The van der Waals surface area contributed by atoms with E-state index in [0.29, 0.717) is 30.8 Å². The van der Waals surface area contributed by atoms with Crippen LogP contribution in [0.25, 0.3) is 0 Å². The molecule has 2 N–H and O–H groups in total. The molecule has 0 aliphatic heterocycles. The summed E-state index contributed by atoms with van der Waals surface area (Å²) in [6.07, 6.45) is 7.90. The summed E-state index contributed by atoms with van der Waals surface area (Å²) in [6, 6.07) is 7.20. The lowest BCUT2D eigenvalue weighted by atomic mass is 9.88. The lowest BCUT2D eigenvalue weighted by Gasteiger charge is -2.23. The number of benzene rings is 1. The highest BCUT2D eigenvalue weighted by Crippen LogP contribution is 2.25. The van der Waals surface area contributed by atoms with E-state index in [2.05, 4.69) is 12.2 Å². The summed E-state index contributed by atoms with van der Waals surface area (Å²) in [6.45, 7) is 3.41. The van der Waals surface area contributed by atoms with Crippen molar-refractivity contribution in [2.75, 3.05) is 25.0 Å². The third kappa shape index (κ3) is 6.13. The Morgan fingerprint density at radius 3 is 2.58 bits per heavy atom. The maximum absolute atomic E-state index is 12.8. The first-order valence-corrected chi connectivity index (χ1v) is 9.96. The molecule has 5 nitrogen and oxygen atoms in total. The van der Waals surface area contributed by atoms with Crippen molar-refractivity contribution in [2.45, 2.75) is 58.3 Å². The molecule has 0 bridgehead atoms. The monoisotopic (exact) mass is 360 g/mol. The van der Waals surface area contributed by atoms with Crippen LogP contribution in [0.5, 0.6) is 0 Å². The van der Waals surface area contributed by atoms with Crippen molar-refractivity contribution in [3.63, 3.8) is 0 Å². The summed E-state index contributed by atoms with van der Waals surface area (Å²) >= 11 is 0. The summed E-state index contributed by atoms with van der Waals surface area (Å²) in [5, 5.41) is 12.1. The largest absolute Gasteiger partial charge is 0.396 e. The first-order chi connectivity index (χ1) is 12.7. The van der Waals surface area contributed by atoms with Crippen LogP contribution in [-0.2, 0) is 4.79 Å². The molecular weight excluding hydrogens is 328 g/mol. The molecule has 1 saturated carbocycles. The molecule has 0 saturated heterocycles. The molecule has 0 radical (unpaired) electrons. The lowest BCUT2D eigenvalue weighted by molar-refractivity contribution is -0.120. The molecule has 26 heavy (non-hydrogen) atoms. The Bertz CT molecular complexity index is 574. The SMILES string of the molecule is CCCCN(CCCO)C(=O)c1cccc(NC(=O)C2CCCCC2)c1. The molecule has 1 aliphatic rings. The van der Waals surface area contributed by atoms with Crippen LogP contribution < -0.4 is 5.32 Å². The zero-order valence-corrected chi connectivity index (χ0v) is 15.9. The third-order valence-electron chi connectivity index (χ3n) is 5.01. The first kappa shape index (κ1) is 20.4. The van der Waals surface area contributed by atoms with Crippen molar-refractivity contribution in [3.05, 3.63) is 29.8 Å². The average molecular weight is 360 g/mol. The molecule has 0 heterocycles. The normalized spacial score (nSPS) is 14.8. The number of amides is 2. The van der Waals surface area contributed by atoms with E-state index in [-0.39, 0.29) is 24.3 Å². The molecule has 0 atom stereocenters. The van der Waals surface area contributed by atoms with Gasteiger partial charge in [0, 0.05) is 36.9 Å². The minimum atomic E-state index is -0.0411. The fraction of sp³-hybridized carbons (Fsp3) is 0.619. The first-order valence-electron chi connectivity index (χ1n) is 9.96. The number of carbonyl (C=O) groups is 2. The zero-order chi connectivity index (χ0) is 18.8. The Balaban J connectivity index is 2.03. The van der Waals surface area contributed by atoms with Crippen molar-refractivity contribution in [1.29, 1.82) is 0 Å². The van der Waals surface area contributed by atoms with Gasteiger partial charge in [0.05, 0.1) is 0 Å². The molecule has 2 amide bonds. The van der Waals surface area contributed by atoms with Crippen LogP contribution in [0.3, 0.4) is 0 Å². The number of hydrogen-bond donors (Lipinski definition) is 2. The van der Waals surface area contributed by atoms with Gasteiger partial charge in [-0.05, 0) is 43.9 Å². The molecular formula is C21H32N2O3. The van der Waals surface area contributed by atoms with Gasteiger partial charge in [0.1, 0.15) is 0 Å². The molecule has 0 aromatic heterocycles. The highest BCUT2D eigenvalue weighted by Gasteiger charge is 2.21. The van der Waals surface area contributed by atoms with E-state index in [4.69, 9.17) is 5.11 Å². The fourth-order valence-corrected chi connectivity index (χ4v) is 3.45. The van der Waals surface area contributed by atoms with E-state index in [1.807, 2.05) is 12.1 Å². The molecule has 144 valence electrons. The average Bonchev–Trinajstić information content (AvgIpc) is 2.68. The van der Waals surface area contributed by atoms with Gasteiger partial charge in [0.25, 0.3) is 5.91 Å². The number of unbranched alkanes of at least 4 members (excludes halogenated alkanes) is 1. The lowest BCUT2D eigenvalue weighted by Crippen LogP contribution is -2.33. The molecule has 5 heteroatoms. The Labute approximate surface area is 156 Å². The molecule has 1 aromatic rings. The Hall–Kier alpha value is -1.88. The molecule has 1 aromatic carbocycles. The van der Waals surface area contributed by atoms with Gasteiger partial charge in [-0.15, -0.1) is 0 Å². The predicted octanol–water partition coefficient (Wildman–Crippen LogP) is 3.83. The number of carbonyl (C=O) groups excluding carboxylic acids is 2. The summed E-state index contributed by atoms with van der Waals surface area (Å²) < 4.78 is 0. The smallest absolute Gasteiger partial charge is 0.253 e. The minimum absolute atomic E-state index is 0.0411. The van der Waals surface area contributed by atoms with Crippen molar-refractivity contribution in [1.82, 2.24) is 4.90 Å². The van der Waals surface area contributed by atoms with Gasteiger partial charge < -0.3 is 15.3 Å². The third-order valence-corrected chi connectivity index (χ3v) is 5.01. The van der Waals surface area contributed by atoms with E-state index in [0.717, 1.165) is 38.5 Å². The zero-order valence-electron chi connectivity index (χ0n) is 15.9. The number of rotatable bonds is 9. The van der Waals surface area contributed by atoms with Crippen LogP contribution in [0, 0.1) is 5.92 Å². The maximum atomic E-state index is 12.8. The van der Waals surface area contributed by atoms with E-state index in [1.165, 1.54) is 6.42 Å². The summed E-state index contributed by atoms with van der Waals surface area (Å²) in [5.74, 6) is 0.117. The molecule has 0 spiro atoms. The van der Waals surface area contributed by atoms with Crippen molar-refractivity contribution >= 4 is 17.5 Å². The minimum Gasteiger partial charge on any atom is -0.396 e. The number of aliphatic hydroxyl groups is 1. The number of nitrogens with one attached hydrogen (secondary N) is 1. The van der Waals surface area contributed by atoms with Crippen LogP contribution in [0.2, 0.25) is 0 Å². The topological polar surface area (TPSA) is 69.6 Å². The van der Waals surface area contributed by atoms with Gasteiger partial charge in [-0.1, -0.05) is 38.7 Å². The van der Waals surface area contributed by atoms with Crippen LogP contribution in [-0.4, -0.2) is 41.5 Å². The highest BCUT2D eigenvalue weighted by atomic mass is 16.3. The Morgan fingerprint density at radius 2 is 1.88 bits per heavy atom. The molecule has 2 rings (SSSR count).